The smallest absolute Gasteiger partial charge is 0.246 e. The number of nitriles is 1. The van der Waals surface area contributed by atoms with Crippen LogP contribution < -0.4 is 5.32 Å². The Balaban J connectivity index is 1.78. The third kappa shape index (κ3) is 3.86. The second kappa shape index (κ2) is 7.16. The van der Waals surface area contributed by atoms with Crippen LogP contribution >= 0.6 is 27.3 Å². The summed E-state index contributed by atoms with van der Waals surface area (Å²) in [6, 6.07) is 2.31. The normalized spacial score (nSPS) is 16.8. The van der Waals surface area contributed by atoms with Gasteiger partial charge in [0.1, 0.15) is 17.6 Å². The lowest BCUT2D eigenvalue weighted by molar-refractivity contribution is -0.116. The fourth-order valence-corrected chi connectivity index (χ4v) is 5.03. The third-order valence-electron chi connectivity index (χ3n) is 5.05. The number of nitrogens with zero attached hydrogens (tertiary/aromatic N) is 3. The number of halogens is 1. The third-order valence-corrected chi connectivity index (χ3v) is 7.00. The van der Waals surface area contributed by atoms with E-state index in [1.54, 1.807) is 22.2 Å². The van der Waals surface area contributed by atoms with E-state index in [0.29, 0.717) is 16.5 Å². The Hall–Kier alpha value is -1.65. The molecule has 1 aliphatic rings. The number of hydrogen-bond acceptors (Lipinski definition) is 4. The Morgan fingerprint density at radius 2 is 2.27 bits per heavy atom. The minimum Gasteiger partial charge on any atom is -0.315 e. The summed E-state index contributed by atoms with van der Waals surface area (Å²) in [6.45, 7) is 8.83. The van der Waals surface area contributed by atoms with Crippen LogP contribution in [0.4, 0.5) is 5.00 Å². The maximum atomic E-state index is 12.4. The summed E-state index contributed by atoms with van der Waals surface area (Å²) in [6.07, 6.45) is 4.78. The van der Waals surface area contributed by atoms with Crippen molar-refractivity contribution in [3.63, 3.8) is 0 Å². The number of amides is 1. The molecule has 2 aromatic rings. The maximum Gasteiger partial charge on any atom is 0.246 e. The first-order chi connectivity index (χ1) is 12.2. The summed E-state index contributed by atoms with van der Waals surface area (Å²) >= 11 is 4.96. The number of hydrogen-bond donors (Lipinski definition) is 1. The molecule has 0 aromatic carbocycles. The zero-order valence-electron chi connectivity index (χ0n) is 15.5. The van der Waals surface area contributed by atoms with Crippen LogP contribution in [-0.2, 0) is 24.2 Å². The lowest BCUT2D eigenvalue weighted by Gasteiger charge is -2.33. The molecule has 7 heteroatoms. The first kappa shape index (κ1) is 19.1. The molecule has 1 atom stereocenters. The predicted octanol–water partition coefficient (Wildman–Crippen LogP) is 4.68. The molecule has 2 heterocycles. The average Bonchev–Trinajstić information content (AvgIpc) is 3.04. The lowest BCUT2D eigenvalue weighted by Crippen LogP contribution is -2.26. The summed E-state index contributed by atoms with van der Waals surface area (Å²) < 4.78 is 2.48. The molecule has 1 aliphatic carbocycles. The van der Waals surface area contributed by atoms with Gasteiger partial charge in [0.2, 0.25) is 5.91 Å². The average molecular weight is 435 g/mol. The van der Waals surface area contributed by atoms with Crippen LogP contribution in [-0.4, -0.2) is 15.7 Å². The molecule has 3 rings (SSSR count). The number of nitrogens with one attached hydrogen (secondary N) is 1. The molecule has 1 N–H and O–H groups in total. The summed E-state index contributed by atoms with van der Waals surface area (Å²) in [4.78, 5) is 13.7. The van der Waals surface area contributed by atoms with E-state index < -0.39 is 0 Å². The van der Waals surface area contributed by atoms with Crippen molar-refractivity contribution in [1.29, 1.82) is 5.26 Å². The fraction of sp³-hybridized carbons (Fsp3) is 0.526. The fourth-order valence-electron chi connectivity index (χ4n) is 3.42. The predicted molar refractivity (Wildman–Crippen MR) is 107 cm³/mol. The molecule has 0 radical (unpaired) electrons. The molecule has 0 aliphatic heterocycles. The van der Waals surface area contributed by atoms with Crippen molar-refractivity contribution in [3.8, 4) is 6.07 Å². The minimum absolute atomic E-state index is 0.129. The van der Waals surface area contributed by atoms with E-state index in [1.165, 1.54) is 4.88 Å². The number of anilines is 1. The van der Waals surface area contributed by atoms with Gasteiger partial charge in [-0.25, -0.2) is 0 Å². The van der Waals surface area contributed by atoms with Crippen LogP contribution in [0.5, 0.6) is 0 Å². The van der Waals surface area contributed by atoms with E-state index in [9.17, 15) is 10.1 Å². The number of aryl methyl sites for hydroxylation is 1. The van der Waals surface area contributed by atoms with Crippen LogP contribution in [0.2, 0.25) is 0 Å². The van der Waals surface area contributed by atoms with Gasteiger partial charge in [0, 0.05) is 11.1 Å². The summed E-state index contributed by atoms with van der Waals surface area (Å²) in [5, 5.41) is 17.5. The summed E-state index contributed by atoms with van der Waals surface area (Å²) in [5.74, 6) is 0.440. The minimum atomic E-state index is -0.164. The van der Waals surface area contributed by atoms with Crippen molar-refractivity contribution >= 4 is 38.2 Å². The number of thiophene rings is 1. The zero-order chi connectivity index (χ0) is 19.1. The van der Waals surface area contributed by atoms with E-state index in [2.05, 4.69) is 53.2 Å². The molecular weight excluding hydrogens is 412 g/mol. The zero-order valence-corrected chi connectivity index (χ0v) is 17.9. The van der Waals surface area contributed by atoms with Crippen molar-refractivity contribution in [2.24, 2.45) is 11.3 Å². The van der Waals surface area contributed by atoms with Crippen LogP contribution in [0.1, 0.15) is 48.9 Å². The number of carbonyl (C=O) groups is 1. The van der Waals surface area contributed by atoms with E-state index in [0.717, 1.165) is 35.0 Å². The monoisotopic (exact) mass is 434 g/mol. The van der Waals surface area contributed by atoms with Crippen LogP contribution in [0.15, 0.2) is 10.7 Å². The Kier molecular flexibility index (Phi) is 5.27. The van der Waals surface area contributed by atoms with E-state index in [1.807, 2.05) is 6.92 Å². The second-order valence-corrected chi connectivity index (χ2v) is 9.89. The second-order valence-electron chi connectivity index (χ2n) is 7.93. The van der Waals surface area contributed by atoms with Gasteiger partial charge in [-0.1, -0.05) is 20.8 Å². The Morgan fingerprint density at radius 1 is 1.54 bits per heavy atom. The van der Waals surface area contributed by atoms with E-state index >= 15 is 0 Å². The number of rotatable bonds is 3. The Bertz CT molecular complexity index is 865. The quantitative estimate of drug-likeness (QED) is 0.761. The van der Waals surface area contributed by atoms with Crippen molar-refractivity contribution in [2.75, 3.05) is 5.32 Å². The van der Waals surface area contributed by atoms with Gasteiger partial charge in [0.15, 0.2) is 0 Å². The van der Waals surface area contributed by atoms with Gasteiger partial charge in [-0.15, -0.1) is 11.3 Å². The highest BCUT2D eigenvalue weighted by Gasteiger charge is 2.32. The first-order valence-corrected chi connectivity index (χ1v) is 10.3. The molecule has 0 spiro atoms. The highest BCUT2D eigenvalue weighted by molar-refractivity contribution is 9.10. The molecule has 0 fully saturated rings. The summed E-state index contributed by atoms with van der Waals surface area (Å²) in [7, 11) is 0. The first-order valence-electron chi connectivity index (χ1n) is 8.73. The molecule has 26 heavy (non-hydrogen) atoms. The SMILES string of the molecule is Cc1nn(CC(=O)Nc2sc3c(c2C#N)CCC(C(C)(C)C)C3)cc1Br. The van der Waals surface area contributed by atoms with Gasteiger partial charge in [0.25, 0.3) is 0 Å². The molecule has 0 saturated carbocycles. The summed E-state index contributed by atoms with van der Waals surface area (Å²) in [5.41, 5.74) is 2.87. The molecular formula is C19H23BrN4OS. The highest BCUT2D eigenvalue weighted by atomic mass is 79.9. The van der Waals surface area contributed by atoms with Crippen LogP contribution in [0.3, 0.4) is 0 Å². The number of carbonyl (C=O) groups excluding carboxylic acids is 1. The van der Waals surface area contributed by atoms with Gasteiger partial charge in [-0.3, -0.25) is 9.48 Å². The lowest BCUT2D eigenvalue weighted by atomic mass is 9.72. The van der Waals surface area contributed by atoms with Crippen molar-refractivity contribution in [1.82, 2.24) is 9.78 Å². The number of fused-ring (bicyclic) bond motifs is 1. The topological polar surface area (TPSA) is 70.7 Å². The standard InChI is InChI=1S/C19H23BrN4OS/c1-11-15(20)9-24(23-11)10-17(25)22-18-14(8-21)13-6-5-12(19(2,3)4)7-16(13)26-18/h9,12H,5-7,10H2,1-4H3,(H,22,25). The van der Waals surface area contributed by atoms with Crippen LogP contribution in [0, 0.1) is 29.6 Å². The molecule has 0 saturated heterocycles. The molecule has 1 unspecified atom stereocenters. The Morgan fingerprint density at radius 3 is 2.85 bits per heavy atom. The van der Waals surface area contributed by atoms with Gasteiger partial charge >= 0.3 is 0 Å². The van der Waals surface area contributed by atoms with Gasteiger partial charge < -0.3 is 5.32 Å². The maximum absolute atomic E-state index is 12.4. The van der Waals surface area contributed by atoms with Gasteiger partial charge in [-0.05, 0) is 59.0 Å². The highest BCUT2D eigenvalue weighted by Crippen LogP contribution is 2.43. The van der Waals surface area contributed by atoms with Crippen molar-refractivity contribution < 1.29 is 4.79 Å². The molecule has 0 bridgehead atoms. The van der Waals surface area contributed by atoms with E-state index in [-0.39, 0.29) is 17.9 Å². The number of aromatic nitrogens is 2. The van der Waals surface area contributed by atoms with Gasteiger partial charge in [-0.2, -0.15) is 10.4 Å². The van der Waals surface area contributed by atoms with Crippen LogP contribution in [0.25, 0.3) is 0 Å². The van der Waals surface area contributed by atoms with E-state index in [4.69, 9.17) is 0 Å². The molecule has 1 amide bonds. The van der Waals surface area contributed by atoms with Crippen molar-refractivity contribution in [3.05, 3.63) is 32.4 Å². The molecule has 5 nitrogen and oxygen atoms in total. The largest absolute Gasteiger partial charge is 0.315 e. The molecule has 138 valence electrons. The van der Waals surface area contributed by atoms with Gasteiger partial charge in [0.05, 0.1) is 15.7 Å². The molecule has 2 aromatic heterocycles. The Labute approximate surface area is 166 Å². The van der Waals surface area contributed by atoms with Crippen molar-refractivity contribution in [2.45, 2.75) is 53.5 Å².